The van der Waals surface area contributed by atoms with Crippen LogP contribution in [0.4, 0.5) is 0 Å². The van der Waals surface area contributed by atoms with Crippen LogP contribution in [0.5, 0.6) is 0 Å². The van der Waals surface area contributed by atoms with Crippen molar-refractivity contribution < 1.29 is 4.74 Å². The Morgan fingerprint density at radius 2 is 2.06 bits per heavy atom. The van der Waals surface area contributed by atoms with Gasteiger partial charge in [0.05, 0.1) is 6.61 Å². The van der Waals surface area contributed by atoms with Crippen LogP contribution in [0, 0.1) is 4.77 Å². The van der Waals surface area contributed by atoms with E-state index in [4.69, 9.17) is 17.0 Å². The number of benzene rings is 1. The van der Waals surface area contributed by atoms with Gasteiger partial charge in [0.25, 0.3) is 0 Å². The van der Waals surface area contributed by atoms with Crippen molar-refractivity contribution in [3.8, 4) is 5.69 Å². The molecule has 1 N–H and O–H groups in total. The van der Waals surface area contributed by atoms with E-state index in [1.165, 1.54) is 0 Å². The number of H-pyrrole nitrogens is 1. The van der Waals surface area contributed by atoms with Gasteiger partial charge in [-0.15, -0.1) is 0 Å². The monoisotopic (exact) mass is 263 g/mol. The Hall–Kier alpha value is -1.46. The van der Waals surface area contributed by atoms with E-state index in [9.17, 15) is 0 Å². The standard InChI is InChI=1S/C13H17N3OS/c1-3-4-12-14-15-13(18)16(12)11-7-5-10(6-8-11)9-17-2/h5-8H,3-4,9H2,1-2H3,(H,15,18). The first-order chi connectivity index (χ1) is 8.76. The smallest absolute Gasteiger partial charge is 0.199 e. The second kappa shape index (κ2) is 5.93. The molecule has 0 radical (unpaired) electrons. The number of rotatable bonds is 5. The largest absolute Gasteiger partial charge is 0.380 e. The summed E-state index contributed by atoms with van der Waals surface area (Å²) in [4.78, 5) is 0. The molecule has 0 aliphatic heterocycles. The third-order valence-electron chi connectivity index (χ3n) is 2.72. The molecule has 1 aromatic heterocycles. The minimum absolute atomic E-state index is 0.624. The third kappa shape index (κ3) is 2.68. The summed E-state index contributed by atoms with van der Waals surface area (Å²) in [6.45, 7) is 2.75. The van der Waals surface area contributed by atoms with E-state index in [0.29, 0.717) is 11.4 Å². The zero-order chi connectivity index (χ0) is 13.0. The Bertz CT molecular complexity index is 556. The molecule has 0 saturated heterocycles. The highest BCUT2D eigenvalue weighted by Gasteiger charge is 2.07. The summed E-state index contributed by atoms with van der Waals surface area (Å²) in [5.74, 6) is 0.974. The number of nitrogens with one attached hydrogen (secondary N) is 1. The normalized spacial score (nSPS) is 10.8. The van der Waals surface area contributed by atoms with Gasteiger partial charge < -0.3 is 4.74 Å². The van der Waals surface area contributed by atoms with Gasteiger partial charge in [0.2, 0.25) is 0 Å². The van der Waals surface area contributed by atoms with Crippen molar-refractivity contribution in [3.05, 3.63) is 40.4 Å². The van der Waals surface area contributed by atoms with Crippen molar-refractivity contribution in [2.75, 3.05) is 7.11 Å². The maximum Gasteiger partial charge on any atom is 0.199 e. The summed E-state index contributed by atoms with van der Waals surface area (Å²) in [5, 5.41) is 7.11. The first kappa shape index (κ1) is 13.0. The average molecular weight is 263 g/mol. The molecule has 0 unspecified atom stereocenters. The van der Waals surface area contributed by atoms with Crippen molar-refractivity contribution in [2.24, 2.45) is 0 Å². The predicted molar refractivity (Wildman–Crippen MR) is 73.5 cm³/mol. The predicted octanol–water partition coefficient (Wildman–Crippen LogP) is 3.03. The molecule has 0 amide bonds. The molecule has 0 saturated carbocycles. The SMILES string of the molecule is CCCc1n[nH]c(=S)n1-c1ccc(COC)cc1. The quantitative estimate of drug-likeness (QED) is 0.843. The highest BCUT2D eigenvalue weighted by molar-refractivity contribution is 7.71. The zero-order valence-electron chi connectivity index (χ0n) is 10.6. The number of ether oxygens (including phenoxy) is 1. The Kier molecular flexibility index (Phi) is 4.28. The van der Waals surface area contributed by atoms with Gasteiger partial charge in [-0.1, -0.05) is 19.1 Å². The molecule has 1 heterocycles. The lowest BCUT2D eigenvalue weighted by molar-refractivity contribution is 0.185. The Labute approximate surface area is 112 Å². The number of hydrogen-bond acceptors (Lipinski definition) is 3. The molecule has 5 heteroatoms. The maximum atomic E-state index is 5.27. The van der Waals surface area contributed by atoms with Crippen LogP contribution in [0.2, 0.25) is 0 Å². The number of aromatic amines is 1. The van der Waals surface area contributed by atoms with Crippen LogP contribution in [0.1, 0.15) is 24.7 Å². The fourth-order valence-corrected chi connectivity index (χ4v) is 2.15. The third-order valence-corrected chi connectivity index (χ3v) is 2.99. The fourth-order valence-electron chi connectivity index (χ4n) is 1.90. The molecule has 0 atom stereocenters. The van der Waals surface area contributed by atoms with Gasteiger partial charge in [0, 0.05) is 19.2 Å². The van der Waals surface area contributed by atoms with Crippen LogP contribution < -0.4 is 0 Å². The lowest BCUT2D eigenvalue weighted by Gasteiger charge is -2.07. The van der Waals surface area contributed by atoms with Gasteiger partial charge >= 0.3 is 0 Å². The topological polar surface area (TPSA) is 42.8 Å². The number of methoxy groups -OCH3 is 1. The summed E-state index contributed by atoms with van der Waals surface area (Å²) in [5.41, 5.74) is 2.19. The Morgan fingerprint density at radius 3 is 2.67 bits per heavy atom. The number of aromatic nitrogens is 3. The van der Waals surface area contributed by atoms with Gasteiger partial charge in [-0.2, -0.15) is 5.10 Å². The first-order valence-corrected chi connectivity index (χ1v) is 6.41. The molecule has 0 fully saturated rings. The van der Waals surface area contributed by atoms with Crippen molar-refractivity contribution >= 4 is 12.2 Å². The van der Waals surface area contributed by atoms with Crippen molar-refractivity contribution in [1.29, 1.82) is 0 Å². The average Bonchev–Trinajstić information content (AvgIpc) is 2.73. The van der Waals surface area contributed by atoms with E-state index >= 15 is 0 Å². The molecule has 0 bridgehead atoms. The Balaban J connectivity index is 2.36. The zero-order valence-corrected chi connectivity index (χ0v) is 11.5. The van der Waals surface area contributed by atoms with E-state index in [0.717, 1.165) is 29.9 Å². The molecule has 0 spiro atoms. The Morgan fingerprint density at radius 1 is 1.33 bits per heavy atom. The van der Waals surface area contributed by atoms with E-state index < -0.39 is 0 Å². The van der Waals surface area contributed by atoms with Gasteiger partial charge in [0.15, 0.2) is 4.77 Å². The highest BCUT2D eigenvalue weighted by Crippen LogP contribution is 2.14. The minimum Gasteiger partial charge on any atom is -0.380 e. The molecule has 0 aliphatic rings. The number of nitrogens with zero attached hydrogens (tertiary/aromatic N) is 2. The van der Waals surface area contributed by atoms with E-state index in [1.807, 2.05) is 28.8 Å². The second-order valence-corrected chi connectivity index (χ2v) is 4.52. The minimum atomic E-state index is 0.624. The maximum absolute atomic E-state index is 5.27. The molecule has 2 rings (SSSR count). The van der Waals surface area contributed by atoms with Gasteiger partial charge in [-0.25, -0.2) is 0 Å². The van der Waals surface area contributed by atoms with E-state index in [1.54, 1.807) is 7.11 Å². The highest BCUT2D eigenvalue weighted by atomic mass is 32.1. The van der Waals surface area contributed by atoms with Gasteiger partial charge in [-0.3, -0.25) is 9.67 Å². The molecule has 0 aliphatic carbocycles. The van der Waals surface area contributed by atoms with Crippen molar-refractivity contribution in [1.82, 2.24) is 14.8 Å². The molecule has 4 nitrogen and oxygen atoms in total. The van der Waals surface area contributed by atoms with Gasteiger partial charge in [-0.05, 0) is 36.3 Å². The summed E-state index contributed by atoms with van der Waals surface area (Å²) in [7, 11) is 1.69. The lowest BCUT2D eigenvalue weighted by Crippen LogP contribution is -2.01. The van der Waals surface area contributed by atoms with Crippen LogP contribution >= 0.6 is 12.2 Å². The molecule has 2 aromatic rings. The van der Waals surface area contributed by atoms with Crippen LogP contribution in [0.3, 0.4) is 0 Å². The van der Waals surface area contributed by atoms with Crippen molar-refractivity contribution in [2.45, 2.75) is 26.4 Å². The molecule has 96 valence electrons. The molecular formula is C13H17N3OS. The van der Waals surface area contributed by atoms with Crippen LogP contribution in [0.25, 0.3) is 5.69 Å². The summed E-state index contributed by atoms with van der Waals surface area (Å²) >= 11 is 5.27. The molecule has 1 aromatic carbocycles. The molecular weight excluding hydrogens is 246 g/mol. The van der Waals surface area contributed by atoms with Crippen molar-refractivity contribution in [3.63, 3.8) is 0 Å². The number of hydrogen-bond donors (Lipinski definition) is 1. The summed E-state index contributed by atoms with van der Waals surface area (Å²) < 4.78 is 7.72. The fraction of sp³-hybridized carbons (Fsp3) is 0.385. The summed E-state index contributed by atoms with van der Waals surface area (Å²) in [6, 6.07) is 8.17. The number of aryl methyl sites for hydroxylation is 1. The van der Waals surface area contributed by atoms with Crippen LogP contribution in [-0.2, 0) is 17.8 Å². The summed E-state index contributed by atoms with van der Waals surface area (Å²) in [6.07, 6.45) is 1.95. The lowest BCUT2D eigenvalue weighted by atomic mass is 10.2. The van der Waals surface area contributed by atoms with E-state index in [2.05, 4.69) is 17.1 Å². The second-order valence-electron chi connectivity index (χ2n) is 4.13. The van der Waals surface area contributed by atoms with Gasteiger partial charge in [0.1, 0.15) is 5.82 Å². The molecule has 18 heavy (non-hydrogen) atoms. The first-order valence-electron chi connectivity index (χ1n) is 6.00. The van der Waals surface area contributed by atoms with Crippen LogP contribution in [-0.4, -0.2) is 21.9 Å². The van der Waals surface area contributed by atoms with Crippen LogP contribution in [0.15, 0.2) is 24.3 Å². The van der Waals surface area contributed by atoms with E-state index in [-0.39, 0.29) is 0 Å².